The molecule has 2 N–H and O–H groups in total. The van der Waals surface area contributed by atoms with E-state index in [2.05, 4.69) is 29.2 Å². The molecule has 0 aromatic heterocycles. The monoisotopic (exact) mass is 399 g/mol. The van der Waals surface area contributed by atoms with Gasteiger partial charge in [0.1, 0.15) is 5.75 Å². The molecule has 2 aliphatic heterocycles. The van der Waals surface area contributed by atoms with Gasteiger partial charge in [-0.15, -0.1) is 0 Å². The SMILES string of the molecule is COc1ccc2cc(C(=N)C3CCCN(C4CCS(=N)(=O)CC4)C3)ccc2c1. The maximum absolute atomic E-state index is 11.9. The van der Waals surface area contributed by atoms with Gasteiger partial charge in [0.2, 0.25) is 0 Å². The fourth-order valence-electron chi connectivity index (χ4n) is 4.59. The summed E-state index contributed by atoms with van der Waals surface area (Å²) in [5, 5.41) is 11.1. The summed E-state index contributed by atoms with van der Waals surface area (Å²) < 4.78 is 25.1. The van der Waals surface area contributed by atoms with Gasteiger partial charge in [-0.3, -0.25) is 9.68 Å². The Morgan fingerprint density at radius 2 is 1.82 bits per heavy atom. The summed E-state index contributed by atoms with van der Waals surface area (Å²) in [4.78, 5) is 2.49. The van der Waals surface area contributed by atoms with Gasteiger partial charge in [0.15, 0.2) is 0 Å². The number of piperidine rings is 1. The van der Waals surface area contributed by atoms with Crippen molar-refractivity contribution in [1.29, 1.82) is 10.2 Å². The van der Waals surface area contributed by atoms with Gasteiger partial charge in [-0.1, -0.05) is 18.2 Å². The number of hydrogen-bond acceptors (Lipinski definition) is 5. The second kappa shape index (κ2) is 7.84. The molecule has 2 fully saturated rings. The number of fused-ring (bicyclic) bond motifs is 1. The van der Waals surface area contributed by atoms with Crippen molar-refractivity contribution >= 4 is 26.2 Å². The van der Waals surface area contributed by atoms with Crippen LogP contribution in [0.25, 0.3) is 10.8 Å². The number of nitrogens with one attached hydrogen (secondary N) is 2. The molecular formula is C22H29N3O2S. The van der Waals surface area contributed by atoms with Gasteiger partial charge in [-0.05, 0) is 66.8 Å². The molecule has 0 aliphatic carbocycles. The summed E-state index contributed by atoms with van der Waals surface area (Å²) in [6, 6.07) is 12.7. The highest BCUT2D eigenvalue weighted by Gasteiger charge is 2.31. The predicted molar refractivity (Wildman–Crippen MR) is 115 cm³/mol. The third kappa shape index (κ3) is 4.08. The predicted octanol–water partition coefficient (Wildman–Crippen LogP) is 4.14. The van der Waals surface area contributed by atoms with Crippen molar-refractivity contribution in [3.05, 3.63) is 42.0 Å². The Labute approximate surface area is 167 Å². The van der Waals surface area contributed by atoms with Crippen molar-refractivity contribution in [2.45, 2.75) is 31.7 Å². The average Bonchev–Trinajstić information content (AvgIpc) is 2.72. The summed E-state index contributed by atoms with van der Waals surface area (Å²) in [5.74, 6) is 2.16. The quantitative estimate of drug-likeness (QED) is 0.759. The number of nitrogens with zero attached hydrogens (tertiary/aromatic N) is 1. The van der Waals surface area contributed by atoms with Crippen LogP contribution in [-0.4, -0.2) is 52.6 Å². The van der Waals surface area contributed by atoms with Gasteiger partial charge in [0.05, 0.1) is 7.11 Å². The normalized spacial score (nSPS) is 28.9. The molecule has 4 rings (SSSR count). The van der Waals surface area contributed by atoms with E-state index in [9.17, 15) is 4.21 Å². The number of rotatable bonds is 4. The van der Waals surface area contributed by atoms with Crippen LogP contribution in [0.5, 0.6) is 5.75 Å². The third-order valence-corrected chi connectivity index (χ3v) is 8.09. The van der Waals surface area contributed by atoms with Gasteiger partial charge in [-0.2, -0.15) is 0 Å². The Kier molecular flexibility index (Phi) is 5.43. The Bertz CT molecular complexity index is 972. The molecule has 2 heterocycles. The molecule has 0 amide bonds. The van der Waals surface area contributed by atoms with Crippen molar-refractivity contribution in [1.82, 2.24) is 4.90 Å². The minimum Gasteiger partial charge on any atom is -0.497 e. The van der Waals surface area contributed by atoms with Crippen LogP contribution in [0, 0.1) is 16.1 Å². The highest BCUT2D eigenvalue weighted by atomic mass is 32.2. The number of hydrogen-bond donors (Lipinski definition) is 2. The third-order valence-electron chi connectivity index (χ3n) is 6.30. The van der Waals surface area contributed by atoms with Crippen molar-refractivity contribution in [2.24, 2.45) is 5.92 Å². The molecule has 0 saturated carbocycles. The van der Waals surface area contributed by atoms with E-state index < -0.39 is 9.73 Å². The lowest BCUT2D eigenvalue weighted by Gasteiger charge is -2.40. The maximum atomic E-state index is 11.9. The van der Waals surface area contributed by atoms with E-state index in [-0.39, 0.29) is 5.92 Å². The van der Waals surface area contributed by atoms with E-state index in [1.807, 2.05) is 12.1 Å². The van der Waals surface area contributed by atoms with E-state index in [0.29, 0.717) is 17.5 Å². The smallest absolute Gasteiger partial charge is 0.119 e. The van der Waals surface area contributed by atoms with E-state index in [0.717, 1.165) is 66.6 Å². The number of ether oxygens (including phenoxy) is 1. The fourth-order valence-corrected chi connectivity index (χ4v) is 6.10. The van der Waals surface area contributed by atoms with E-state index in [1.165, 1.54) is 0 Å². The summed E-state index contributed by atoms with van der Waals surface area (Å²) in [6.45, 7) is 1.97. The number of likely N-dealkylation sites (tertiary alicyclic amines) is 1. The molecule has 2 aliphatic rings. The highest BCUT2D eigenvalue weighted by Crippen LogP contribution is 2.28. The molecule has 2 aromatic rings. The van der Waals surface area contributed by atoms with E-state index in [1.54, 1.807) is 7.11 Å². The Balaban J connectivity index is 1.47. The van der Waals surface area contributed by atoms with E-state index >= 15 is 0 Å². The molecule has 150 valence electrons. The minimum absolute atomic E-state index is 0.242. The molecular weight excluding hydrogens is 370 g/mol. The Morgan fingerprint density at radius 1 is 1.11 bits per heavy atom. The second-order valence-corrected chi connectivity index (χ2v) is 10.6. The Hall–Kier alpha value is -1.92. The lowest BCUT2D eigenvalue weighted by molar-refractivity contribution is 0.136. The number of methoxy groups -OCH3 is 1. The van der Waals surface area contributed by atoms with Crippen molar-refractivity contribution < 1.29 is 8.95 Å². The molecule has 1 unspecified atom stereocenters. The second-order valence-electron chi connectivity index (χ2n) is 8.13. The zero-order valence-corrected chi connectivity index (χ0v) is 17.3. The van der Waals surface area contributed by atoms with Crippen LogP contribution < -0.4 is 4.74 Å². The molecule has 5 nitrogen and oxygen atoms in total. The number of benzene rings is 2. The van der Waals surface area contributed by atoms with Crippen molar-refractivity contribution in [3.8, 4) is 5.75 Å². The van der Waals surface area contributed by atoms with Crippen molar-refractivity contribution in [3.63, 3.8) is 0 Å². The topological polar surface area (TPSA) is 77.2 Å². The molecule has 0 spiro atoms. The molecule has 6 heteroatoms. The minimum atomic E-state index is -2.33. The molecule has 0 radical (unpaired) electrons. The van der Waals surface area contributed by atoms with Crippen LogP contribution in [-0.2, 0) is 9.73 Å². The first-order chi connectivity index (χ1) is 13.4. The summed E-state index contributed by atoms with van der Waals surface area (Å²) in [6.07, 6.45) is 3.88. The van der Waals surface area contributed by atoms with Crippen LogP contribution in [0.2, 0.25) is 0 Å². The lowest BCUT2D eigenvalue weighted by Crippen LogP contribution is -2.47. The van der Waals surface area contributed by atoms with Crippen LogP contribution in [0.15, 0.2) is 36.4 Å². The van der Waals surface area contributed by atoms with Gasteiger partial charge in [0, 0.05) is 45.5 Å². The lowest BCUT2D eigenvalue weighted by atomic mass is 9.87. The van der Waals surface area contributed by atoms with Crippen molar-refractivity contribution in [2.75, 3.05) is 31.7 Å². The zero-order chi connectivity index (χ0) is 19.7. The Morgan fingerprint density at radius 3 is 2.57 bits per heavy atom. The maximum Gasteiger partial charge on any atom is 0.119 e. The van der Waals surface area contributed by atoms with Gasteiger partial charge in [-0.25, -0.2) is 4.21 Å². The van der Waals surface area contributed by atoms with Crippen LogP contribution in [0.4, 0.5) is 0 Å². The largest absolute Gasteiger partial charge is 0.497 e. The standard InChI is InChI=1S/C22H29N3O2S/c1-27-21-7-6-16-13-18(5-4-17(16)14-21)22(23)19-3-2-10-25(15-19)20-8-11-28(24,26)12-9-20/h4-7,13-14,19-20,23-24H,2-3,8-12,15H2,1H3. The van der Waals surface area contributed by atoms with Gasteiger partial charge >= 0.3 is 0 Å². The summed E-state index contributed by atoms with van der Waals surface area (Å²) in [7, 11) is -0.656. The van der Waals surface area contributed by atoms with Gasteiger partial charge < -0.3 is 10.1 Å². The van der Waals surface area contributed by atoms with Gasteiger partial charge in [0.25, 0.3) is 0 Å². The summed E-state index contributed by atoms with van der Waals surface area (Å²) >= 11 is 0. The first-order valence-corrected chi connectivity index (χ1v) is 12.0. The van der Waals surface area contributed by atoms with Crippen LogP contribution in [0.1, 0.15) is 31.2 Å². The fraction of sp³-hybridized carbons (Fsp3) is 0.500. The summed E-state index contributed by atoms with van der Waals surface area (Å²) in [5.41, 5.74) is 1.73. The molecule has 28 heavy (non-hydrogen) atoms. The average molecular weight is 400 g/mol. The first-order valence-electron chi connectivity index (χ1n) is 10.1. The van der Waals surface area contributed by atoms with E-state index in [4.69, 9.17) is 14.9 Å². The zero-order valence-electron chi connectivity index (χ0n) is 16.4. The molecule has 2 saturated heterocycles. The molecule has 0 bridgehead atoms. The van der Waals surface area contributed by atoms with Crippen LogP contribution >= 0.6 is 0 Å². The molecule has 2 aromatic carbocycles. The first kappa shape index (κ1) is 19.4. The molecule has 1 atom stereocenters. The van der Waals surface area contributed by atoms with Crippen LogP contribution in [0.3, 0.4) is 0 Å². The highest BCUT2D eigenvalue weighted by molar-refractivity contribution is 7.92.